The molecule has 0 bridgehead atoms. The summed E-state index contributed by atoms with van der Waals surface area (Å²) in [6, 6.07) is 8.70. The first-order valence-electron chi connectivity index (χ1n) is 7.11. The number of nitrogens with one attached hydrogen (secondary N) is 1. The van der Waals surface area contributed by atoms with Crippen LogP contribution in [0.15, 0.2) is 36.5 Å². The van der Waals surface area contributed by atoms with Gasteiger partial charge in [0.2, 0.25) is 0 Å². The summed E-state index contributed by atoms with van der Waals surface area (Å²) in [5.41, 5.74) is 1.11. The van der Waals surface area contributed by atoms with E-state index in [0.717, 1.165) is 15.8 Å². The lowest BCUT2D eigenvalue weighted by molar-refractivity contribution is -0.133. The summed E-state index contributed by atoms with van der Waals surface area (Å²) in [5.74, 6) is -0.831. The number of benzene rings is 1. The number of amides is 1. The SMILES string of the molecule is CN(Cc1ccc(Cl)s1)C(=O)COC(=O)c1ccc2cn[nH]c2c1. The van der Waals surface area contributed by atoms with Gasteiger partial charge in [-0.05, 0) is 24.3 Å². The van der Waals surface area contributed by atoms with Crippen molar-refractivity contribution in [3.63, 3.8) is 0 Å². The zero-order valence-electron chi connectivity index (χ0n) is 12.8. The number of esters is 1. The van der Waals surface area contributed by atoms with E-state index >= 15 is 0 Å². The number of carbonyl (C=O) groups is 2. The van der Waals surface area contributed by atoms with Crippen molar-refractivity contribution in [3.8, 4) is 0 Å². The highest BCUT2D eigenvalue weighted by Gasteiger charge is 2.15. The molecule has 1 N–H and O–H groups in total. The molecule has 1 aromatic carbocycles. The van der Waals surface area contributed by atoms with Crippen molar-refractivity contribution in [2.24, 2.45) is 0 Å². The molecule has 3 aromatic rings. The molecule has 2 heterocycles. The van der Waals surface area contributed by atoms with Crippen LogP contribution in [0.5, 0.6) is 0 Å². The molecule has 3 rings (SSSR count). The van der Waals surface area contributed by atoms with Gasteiger partial charge in [-0.2, -0.15) is 5.10 Å². The Hall–Kier alpha value is -2.38. The number of fused-ring (bicyclic) bond motifs is 1. The molecular formula is C16H14ClN3O3S. The Labute approximate surface area is 147 Å². The largest absolute Gasteiger partial charge is 0.452 e. The number of carbonyl (C=O) groups excluding carboxylic acids is 2. The second-order valence-corrected chi connectivity index (χ2v) is 7.00. The molecule has 0 saturated carbocycles. The second-order valence-electron chi connectivity index (χ2n) is 5.20. The molecule has 0 aliphatic rings. The van der Waals surface area contributed by atoms with Crippen LogP contribution in [0.3, 0.4) is 0 Å². The number of thiophene rings is 1. The van der Waals surface area contributed by atoms with Crippen molar-refractivity contribution in [2.45, 2.75) is 6.54 Å². The quantitative estimate of drug-likeness (QED) is 0.707. The third-order valence-corrected chi connectivity index (χ3v) is 4.67. The maximum Gasteiger partial charge on any atom is 0.338 e. The van der Waals surface area contributed by atoms with E-state index in [2.05, 4.69) is 10.2 Å². The molecule has 124 valence electrons. The van der Waals surface area contributed by atoms with Gasteiger partial charge in [-0.15, -0.1) is 11.3 Å². The summed E-state index contributed by atoms with van der Waals surface area (Å²) in [5, 5.41) is 7.58. The topological polar surface area (TPSA) is 75.3 Å². The van der Waals surface area contributed by atoms with Crippen LogP contribution in [-0.4, -0.2) is 40.6 Å². The van der Waals surface area contributed by atoms with Gasteiger partial charge >= 0.3 is 5.97 Å². The van der Waals surface area contributed by atoms with Gasteiger partial charge < -0.3 is 9.64 Å². The first-order valence-corrected chi connectivity index (χ1v) is 8.31. The molecule has 0 aliphatic carbocycles. The first kappa shape index (κ1) is 16.5. The van der Waals surface area contributed by atoms with E-state index < -0.39 is 5.97 Å². The van der Waals surface area contributed by atoms with E-state index in [1.54, 1.807) is 37.5 Å². The number of ether oxygens (including phenoxy) is 1. The van der Waals surface area contributed by atoms with Crippen molar-refractivity contribution in [2.75, 3.05) is 13.7 Å². The van der Waals surface area contributed by atoms with Crippen molar-refractivity contribution < 1.29 is 14.3 Å². The molecule has 0 radical (unpaired) electrons. The lowest BCUT2D eigenvalue weighted by Crippen LogP contribution is -2.30. The molecular weight excluding hydrogens is 350 g/mol. The molecule has 24 heavy (non-hydrogen) atoms. The van der Waals surface area contributed by atoms with Gasteiger partial charge in [0.1, 0.15) is 0 Å². The van der Waals surface area contributed by atoms with Crippen molar-refractivity contribution in [3.05, 3.63) is 51.3 Å². The summed E-state index contributed by atoms with van der Waals surface area (Å²) in [4.78, 5) is 26.6. The average molecular weight is 364 g/mol. The maximum atomic E-state index is 12.1. The van der Waals surface area contributed by atoms with E-state index in [9.17, 15) is 9.59 Å². The van der Waals surface area contributed by atoms with Crippen LogP contribution in [0.2, 0.25) is 4.34 Å². The minimum absolute atomic E-state index is 0.282. The smallest absolute Gasteiger partial charge is 0.338 e. The molecule has 8 heteroatoms. The van der Waals surface area contributed by atoms with E-state index in [4.69, 9.17) is 16.3 Å². The third kappa shape index (κ3) is 3.74. The lowest BCUT2D eigenvalue weighted by Gasteiger charge is -2.16. The van der Waals surface area contributed by atoms with Gasteiger partial charge in [0.25, 0.3) is 5.91 Å². The highest BCUT2D eigenvalue weighted by molar-refractivity contribution is 7.16. The summed E-state index contributed by atoms with van der Waals surface area (Å²) in [6.45, 7) is 0.114. The Kier molecular flexibility index (Phi) is 4.82. The average Bonchev–Trinajstić information content (AvgIpc) is 3.20. The monoisotopic (exact) mass is 363 g/mol. The Balaban J connectivity index is 1.55. The number of aromatic nitrogens is 2. The number of halogens is 1. The highest BCUT2D eigenvalue weighted by Crippen LogP contribution is 2.22. The van der Waals surface area contributed by atoms with Gasteiger partial charge in [0.05, 0.1) is 28.2 Å². The number of hydrogen-bond acceptors (Lipinski definition) is 5. The highest BCUT2D eigenvalue weighted by atomic mass is 35.5. The van der Waals surface area contributed by atoms with Crippen LogP contribution < -0.4 is 0 Å². The standard InChI is InChI=1S/C16H14ClN3O3S/c1-20(8-12-4-5-14(17)24-12)15(21)9-23-16(22)10-2-3-11-7-18-19-13(11)6-10/h2-7H,8-9H2,1H3,(H,18,19). The molecule has 0 unspecified atom stereocenters. The minimum Gasteiger partial charge on any atom is -0.452 e. The van der Waals surface area contributed by atoms with Crippen molar-refractivity contribution >= 4 is 45.7 Å². The fraction of sp³-hybridized carbons (Fsp3) is 0.188. The Morgan fingerprint density at radius 2 is 2.17 bits per heavy atom. The van der Waals surface area contributed by atoms with Crippen molar-refractivity contribution in [1.29, 1.82) is 0 Å². The Bertz CT molecular complexity index is 889. The molecule has 0 spiro atoms. The Morgan fingerprint density at radius 1 is 1.33 bits per heavy atom. The number of aromatic amines is 1. The first-order chi connectivity index (χ1) is 11.5. The van der Waals surface area contributed by atoms with E-state index in [-0.39, 0.29) is 12.5 Å². The number of hydrogen-bond donors (Lipinski definition) is 1. The molecule has 0 fully saturated rings. The zero-order valence-corrected chi connectivity index (χ0v) is 14.4. The number of rotatable bonds is 5. The maximum absolute atomic E-state index is 12.1. The van der Waals surface area contributed by atoms with Crippen LogP contribution in [0, 0.1) is 0 Å². The van der Waals surface area contributed by atoms with Gasteiger partial charge in [-0.1, -0.05) is 17.7 Å². The van der Waals surface area contributed by atoms with Crippen LogP contribution in [-0.2, 0) is 16.1 Å². The predicted molar refractivity (Wildman–Crippen MR) is 92.2 cm³/mol. The van der Waals surface area contributed by atoms with Crippen LogP contribution >= 0.6 is 22.9 Å². The number of H-pyrrole nitrogens is 1. The molecule has 2 aromatic heterocycles. The van der Waals surface area contributed by atoms with Gasteiger partial charge in [-0.3, -0.25) is 9.89 Å². The fourth-order valence-corrected chi connectivity index (χ4v) is 3.28. The summed E-state index contributed by atoms with van der Waals surface area (Å²) >= 11 is 7.28. The molecule has 0 aliphatic heterocycles. The summed E-state index contributed by atoms with van der Waals surface area (Å²) in [7, 11) is 1.65. The van der Waals surface area contributed by atoms with E-state index in [1.807, 2.05) is 6.07 Å². The van der Waals surface area contributed by atoms with E-state index in [0.29, 0.717) is 16.4 Å². The van der Waals surface area contributed by atoms with Crippen molar-refractivity contribution in [1.82, 2.24) is 15.1 Å². The third-order valence-electron chi connectivity index (χ3n) is 3.45. The van der Waals surface area contributed by atoms with Crippen LogP contribution in [0.25, 0.3) is 10.9 Å². The molecule has 1 amide bonds. The predicted octanol–water partition coefficient (Wildman–Crippen LogP) is 3.09. The molecule has 0 atom stereocenters. The zero-order chi connectivity index (χ0) is 17.1. The second kappa shape index (κ2) is 7.02. The lowest BCUT2D eigenvalue weighted by atomic mass is 10.2. The normalized spacial score (nSPS) is 10.8. The van der Waals surface area contributed by atoms with E-state index in [1.165, 1.54) is 16.2 Å². The summed E-state index contributed by atoms with van der Waals surface area (Å²) < 4.78 is 5.76. The number of nitrogens with zero attached hydrogens (tertiary/aromatic N) is 2. The minimum atomic E-state index is -0.549. The van der Waals surface area contributed by atoms with Gasteiger partial charge in [-0.25, -0.2) is 4.79 Å². The molecule has 0 saturated heterocycles. The molecule has 6 nitrogen and oxygen atoms in total. The van der Waals surface area contributed by atoms with Gasteiger partial charge in [0.15, 0.2) is 6.61 Å². The Morgan fingerprint density at radius 3 is 2.92 bits per heavy atom. The fourth-order valence-electron chi connectivity index (χ4n) is 2.14. The van der Waals surface area contributed by atoms with Crippen LogP contribution in [0.4, 0.5) is 0 Å². The number of likely N-dealkylation sites (N-methyl/N-ethyl adjacent to an activating group) is 1. The van der Waals surface area contributed by atoms with Gasteiger partial charge in [0, 0.05) is 17.3 Å². The van der Waals surface area contributed by atoms with Crippen LogP contribution in [0.1, 0.15) is 15.2 Å². The summed E-state index contributed by atoms with van der Waals surface area (Å²) in [6.07, 6.45) is 1.67.